The van der Waals surface area contributed by atoms with E-state index in [9.17, 15) is 9.59 Å². The second kappa shape index (κ2) is 6.88. The molecule has 0 aliphatic carbocycles. The summed E-state index contributed by atoms with van der Waals surface area (Å²) in [6.07, 6.45) is 3.74. The zero-order chi connectivity index (χ0) is 19.8. The van der Waals surface area contributed by atoms with E-state index < -0.39 is 0 Å². The van der Waals surface area contributed by atoms with Crippen LogP contribution in [0.3, 0.4) is 0 Å². The lowest BCUT2D eigenvalue weighted by Crippen LogP contribution is -2.44. The molecule has 0 saturated carbocycles. The largest absolute Gasteiger partial charge is 0.497 e. The Morgan fingerprint density at radius 1 is 0.893 bits per heavy atom. The molecule has 1 unspecified atom stereocenters. The smallest absolute Gasteiger partial charge is 0.330 e. The van der Waals surface area contributed by atoms with Crippen LogP contribution in [0.4, 0.5) is 5.69 Å². The molecule has 28 heavy (non-hydrogen) atoms. The fraction of sp³-hybridized carbons (Fsp3) is 0.182. The van der Waals surface area contributed by atoms with Crippen molar-refractivity contribution in [3.63, 3.8) is 0 Å². The lowest BCUT2D eigenvalue weighted by molar-refractivity contribution is 0.415. The highest BCUT2D eigenvalue weighted by molar-refractivity contribution is 5.67. The van der Waals surface area contributed by atoms with Gasteiger partial charge < -0.3 is 9.64 Å². The molecule has 4 rings (SSSR count). The fourth-order valence-corrected chi connectivity index (χ4v) is 3.67. The topological polar surface area (TPSA) is 56.5 Å². The molecule has 1 aromatic heterocycles. The number of fused-ring (bicyclic) bond motifs is 1. The number of rotatable bonds is 3. The first-order valence-corrected chi connectivity index (χ1v) is 8.98. The Morgan fingerprint density at radius 2 is 1.57 bits per heavy atom. The Bertz CT molecular complexity index is 1160. The van der Waals surface area contributed by atoms with Crippen LogP contribution in [0.2, 0.25) is 0 Å². The molecule has 2 aromatic carbocycles. The summed E-state index contributed by atoms with van der Waals surface area (Å²) in [6.45, 7) is 0. The second-order valence-electron chi connectivity index (χ2n) is 6.74. The number of nitrogens with zero attached hydrogens (tertiary/aromatic N) is 3. The van der Waals surface area contributed by atoms with Crippen LogP contribution in [0, 0.1) is 0 Å². The van der Waals surface area contributed by atoms with E-state index >= 15 is 0 Å². The van der Waals surface area contributed by atoms with Crippen LogP contribution >= 0.6 is 0 Å². The van der Waals surface area contributed by atoms with Gasteiger partial charge in [0.25, 0.3) is 5.56 Å². The zero-order valence-corrected chi connectivity index (χ0v) is 16.0. The van der Waals surface area contributed by atoms with Gasteiger partial charge >= 0.3 is 5.69 Å². The van der Waals surface area contributed by atoms with Gasteiger partial charge in [-0.2, -0.15) is 0 Å². The van der Waals surface area contributed by atoms with Gasteiger partial charge in [-0.15, -0.1) is 0 Å². The van der Waals surface area contributed by atoms with Crippen LogP contribution in [0.15, 0.2) is 70.4 Å². The SMILES string of the molecule is COc1ccc(N2C=Cc3c(c(=O)n(C)c(=O)n3C)C2c2ccccc2)cc1. The third-order valence-electron chi connectivity index (χ3n) is 5.18. The van der Waals surface area contributed by atoms with E-state index in [-0.39, 0.29) is 17.3 Å². The van der Waals surface area contributed by atoms with Gasteiger partial charge in [-0.3, -0.25) is 13.9 Å². The molecule has 1 atom stereocenters. The third-order valence-corrected chi connectivity index (χ3v) is 5.18. The van der Waals surface area contributed by atoms with Crippen LogP contribution in [0.5, 0.6) is 5.75 Å². The van der Waals surface area contributed by atoms with Crippen molar-refractivity contribution in [3.05, 3.63) is 98.5 Å². The maximum atomic E-state index is 13.1. The van der Waals surface area contributed by atoms with Crippen molar-refractivity contribution in [1.82, 2.24) is 9.13 Å². The molecule has 0 bridgehead atoms. The summed E-state index contributed by atoms with van der Waals surface area (Å²) in [7, 11) is 4.84. The summed E-state index contributed by atoms with van der Waals surface area (Å²) in [5.74, 6) is 0.764. The number of hydrogen-bond acceptors (Lipinski definition) is 4. The Labute approximate surface area is 162 Å². The highest BCUT2D eigenvalue weighted by Crippen LogP contribution is 2.37. The third kappa shape index (κ3) is 2.74. The molecule has 6 heteroatoms. The van der Waals surface area contributed by atoms with Gasteiger partial charge in [0.2, 0.25) is 0 Å². The minimum absolute atomic E-state index is 0.283. The normalized spacial score (nSPS) is 15.4. The molecule has 142 valence electrons. The highest BCUT2D eigenvalue weighted by atomic mass is 16.5. The summed E-state index contributed by atoms with van der Waals surface area (Å²) in [5, 5.41) is 0. The van der Waals surface area contributed by atoms with Crippen molar-refractivity contribution in [2.45, 2.75) is 6.04 Å². The molecule has 0 spiro atoms. The second-order valence-corrected chi connectivity index (χ2v) is 6.74. The predicted molar refractivity (Wildman–Crippen MR) is 110 cm³/mol. The first kappa shape index (κ1) is 17.9. The van der Waals surface area contributed by atoms with Gasteiger partial charge in [0, 0.05) is 26.0 Å². The average Bonchev–Trinajstić information content (AvgIpc) is 2.76. The first-order valence-electron chi connectivity index (χ1n) is 8.98. The molecule has 0 fully saturated rings. The van der Waals surface area contributed by atoms with Crippen molar-refractivity contribution in [3.8, 4) is 5.75 Å². The number of methoxy groups -OCH3 is 1. The Morgan fingerprint density at radius 3 is 2.21 bits per heavy atom. The minimum Gasteiger partial charge on any atom is -0.497 e. The molecule has 1 aliphatic heterocycles. The van der Waals surface area contributed by atoms with Crippen LogP contribution in [-0.2, 0) is 14.1 Å². The van der Waals surface area contributed by atoms with E-state index in [1.165, 1.54) is 16.2 Å². The van der Waals surface area contributed by atoms with Crippen LogP contribution in [0.25, 0.3) is 6.08 Å². The number of anilines is 1. The predicted octanol–water partition coefficient (Wildman–Crippen LogP) is 2.67. The number of benzene rings is 2. The molecule has 0 N–H and O–H groups in total. The number of aromatic nitrogens is 2. The lowest BCUT2D eigenvalue weighted by atomic mass is 9.93. The molecule has 0 radical (unpaired) electrons. The molecular formula is C22H21N3O3. The summed E-state index contributed by atoms with van der Waals surface area (Å²) >= 11 is 0. The lowest BCUT2D eigenvalue weighted by Gasteiger charge is -2.35. The van der Waals surface area contributed by atoms with Gasteiger partial charge in [0.05, 0.1) is 24.4 Å². The fourth-order valence-electron chi connectivity index (χ4n) is 3.67. The van der Waals surface area contributed by atoms with E-state index in [4.69, 9.17) is 4.74 Å². The van der Waals surface area contributed by atoms with Gasteiger partial charge in [-0.25, -0.2) is 4.79 Å². The van der Waals surface area contributed by atoms with Crippen molar-refractivity contribution < 1.29 is 4.74 Å². The number of hydrogen-bond donors (Lipinski definition) is 0. The Hall–Kier alpha value is -3.54. The van der Waals surface area contributed by atoms with Crippen molar-refractivity contribution in [1.29, 1.82) is 0 Å². The maximum absolute atomic E-state index is 13.1. The summed E-state index contributed by atoms with van der Waals surface area (Å²) < 4.78 is 7.95. The molecule has 3 aromatic rings. The quantitative estimate of drug-likeness (QED) is 0.706. The van der Waals surface area contributed by atoms with Gasteiger partial charge in [0.1, 0.15) is 5.75 Å². The average molecular weight is 375 g/mol. The summed E-state index contributed by atoms with van der Waals surface area (Å²) in [4.78, 5) is 27.6. The van der Waals surface area contributed by atoms with Crippen LogP contribution in [-0.4, -0.2) is 16.2 Å². The van der Waals surface area contributed by atoms with Crippen molar-refractivity contribution in [2.75, 3.05) is 12.0 Å². The highest BCUT2D eigenvalue weighted by Gasteiger charge is 2.31. The molecule has 2 heterocycles. The molecular weight excluding hydrogens is 354 g/mol. The monoisotopic (exact) mass is 375 g/mol. The van der Waals surface area contributed by atoms with Gasteiger partial charge in [-0.1, -0.05) is 30.3 Å². The van der Waals surface area contributed by atoms with E-state index in [0.717, 1.165) is 17.0 Å². The van der Waals surface area contributed by atoms with E-state index in [0.29, 0.717) is 11.3 Å². The summed E-state index contributed by atoms with van der Waals surface area (Å²) in [6, 6.07) is 17.2. The van der Waals surface area contributed by atoms with E-state index in [1.807, 2.05) is 71.8 Å². The Kier molecular flexibility index (Phi) is 4.39. The zero-order valence-electron chi connectivity index (χ0n) is 16.0. The number of ether oxygens (including phenoxy) is 1. The molecule has 6 nitrogen and oxygen atoms in total. The minimum atomic E-state index is -0.347. The molecule has 1 aliphatic rings. The first-order chi connectivity index (χ1) is 13.5. The van der Waals surface area contributed by atoms with Crippen LogP contribution in [0.1, 0.15) is 22.9 Å². The van der Waals surface area contributed by atoms with Crippen molar-refractivity contribution in [2.24, 2.45) is 14.1 Å². The van der Waals surface area contributed by atoms with E-state index in [2.05, 4.69) is 0 Å². The summed E-state index contributed by atoms with van der Waals surface area (Å²) in [5.41, 5.74) is 2.49. The molecule has 0 amide bonds. The standard InChI is InChI=1S/C22H21N3O3/c1-23-18-13-14-25(16-9-11-17(28-3)12-10-16)20(15-7-5-4-6-8-15)19(18)21(26)24(2)22(23)27/h4-14,20H,1-3H3. The van der Waals surface area contributed by atoms with Crippen molar-refractivity contribution >= 4 is 11.8 Å². The van der Waals surface area contributed by atoms with Gasteiger partial charge in [0.15, 0.2) is 0 Å². The Balaban J connectivity index is 1.98. The molecule has 0 saturated heterocycles. The maximum Gasteiger partial charge on any atom is 0.330 e. The van der Waals surface area contributed by atoms with Gasteiger partial charge in [-0.05, 0) is 35.9 Å². The van der Waals surface area contributed by atoms with E-state index in [1.54, 1.807) is 14.2 Å². The van der Waals surface area contributed by atoms with Crippen LogP contribution < -0.4 is 20.9 Å².